The maximum absolute atomic E-state index is 15.2. The third-order valence-corrected chi connectivity index (χ3v) is 9.67. The van der Waals surface area contributed by atoms with Crippen molar-refractivity contribution in [3.8, 4) is 23.0 Å². The number of aromatic nitrogens is 1. The molecule has 9 nitrogen and oxygen atoms in total. The van der Waals surface area contributed by atoms with Crippen molar-refractivity contribution < 1.29 is 37.0 Å². The summed E-state index contributed by atoms with van der Waals surface area (Å²) in [5, 5.41) is 9.40. The van der Waals surface area contributed by atoms with E-state index in [-0.39, 0.29) is 35.5 Å². The van der Waals surface area contributed by atoms with Crippen molar-refractivity contribution in [2.24, 2.45) is 5.41 Å². The van der Waals surface area contributed by atoms with Crippen molar-refractivity contribution in [3.05, 3.63) is 78.2 Å². The minimum absolute atomic E-state index is 0.00751. The van der Waals surface area contributed by atoms with E-state index in [9.17, 15) is 18.4 Å². The van der Waals surface area contributed by atoms with Gasteiger partial charge in [-0.2, -0.15) is 0 Å². The van der Waals surface area contributed by atoms with Crippen molar-refractivity contribution in [2.75, 3.05) is 24.4 Å². The molecule has 3 aromatic carbocycles. The highest BCUT2D eigenvalue weighted by molar-refractivity contribution is 6.17. The number of pyridine rings is 1. The minimum Gasteiger partial charge on any atom is -0.493 e. The van der Waals surface area contributed by atoms with Gasteiger partial charge in [0.2, 0.25) is 11.8 Å². The number of nitrogens with zero attached hydrogens (tertiary/aromatic N) is 1. The number of nitrogens with one attached hydrogen (secondary N) is 3. The number of hydrogen-bond acceptors (Lipinski definition) is 7. The van der Waals surface area contributed by atoms with Crippen LogP contribution >= 0.6 is 0 Å². The summed E-state index contributed by atoms with van der Waals surface area (Å²) < 4.78 is 60.1. The normalized spacial score (nSPS) is 17.6. The summed E-state index contributed by atoms with van der Waals surface area (Å²) in [5.41, 5.74) is -0.978. The van der Waals surface area contributed by atoms with E-state index in [0.29, 0.717) is 40.8 Å². The molecule has 3 aliphatic rings. The van der Waals surface area contributed by atoms with Gasteiger partial charge in [0.25, 0.3) is 0 Å². The third kappa shape index (κ3) is 7.01. The van der Waals surface area contributed by atoms with Gasteiger partial charge in [-0.05, 0) is 74.9 Å². The molecule has 12 heteroatoms. The zero-order valence-corrected chi connectivity index (χ0v) is 27.0. The Labute approximate surface area is 281 Å². The Hall–Kier alpha value is -4.84. The number of methoxy groups -OCH3 is 1. The number of anilines is 2. The Bertz CT molecular complexity index is 1910. The molecule has 0 unspecified atom stereocenters. The van der Waals surface area contributed by atoms with Crippen molar-refractivity contribution >= 4 is 34.1 Å². The topological polar surface area (TPSA) is 111 Å². The van der Waals surface area contributed by atoms with Crippen LogP contribution in [-0.4, -0.2) is 42.1 Å². The summed E-state index contributed by atoms with van der Waals surface area (Å²) >= 11 is 0. The Morgan fingerprint density at radius 1 is 0.816 bits per heavy atom. The fraction of sp³-hybridized carbons (Fsp3) is 0.378. The van der Waals surface area contributed by atoms with E-state index < -0.39 is 34.7 Å². The molecule has 0 spiro atoms. The first kappa shape index (κ1) is 32.7. The van der Waals surface area contributed by atoms with Crippen LogP contribution in [0.3, 0.4) is 0 Å². The van der Waals surface area contributed by atoms with Crippen LogP contribution in [0.25, 0.3) is 10.9 Å². The second kappa shape index (κ2) is 13.2. The van der Waals surface area contributed by atoms with Gasteiger partial charge in [-0.25, -0.2) is 13.2 Å². The molecule has 4 aromatic rings. The van der Waals surface area contributed by atoms with Crippen molar-refractivity contribution in [1.82, 2.24) is 10.3 Å². The highest BCUT2D eigenvalue weighted by atomic mass is 19.2. The summed E-state index contributed by atoms with van der Waals surface area (Å²) in [6.07, 6.45) is 10.4. The minimum atomic E-state index is -1.45. The van der Waals surface area contributed by atoms with Gasteiger partial charge < -0.3 is 30.2 Å². The molecule has 0 radical (unpaired) electrons. The predicted octanol–water partition coefficient (Wildman–Crippen LogP) is 7.64. The molecule has 3 saturated carbocycles. The van der Waals surface area contributed by atoms with Gasteiger partial charge in [-0.15, -0.1) is 0 Å². The zero-order chi connectivity index (χ0) is 34.2. The number of benzene rings is 3. The van der Waals surface area contributed by atoms with Crippen LogP contribution in [0.2, 0.25) is 0 Å². The van der Waals surface area contributed by atoms with Gasteiger partial charge in [0.1, 0.15) is 29.3 Å². The predicted molar refractivity (Wildman–Crippen MR) is 178 cm³/mol. The highest BCUT2D eigenvalue weighted by Gasteiger charge is 2.56. The molecule has 1 aromatic heterocycles. The van der Waals surface area contributed by atoms with Crippen molar-refractivity contribution in [2.45, 2.75) is 69.4 Å². The van der Waals surface area contributed by atoms with Crippen LogP contribution in [0.5, 0.6) is 23.0 Å². The van der Waals surface area contributed by atoms with Gasteiger partial charge in [-0.1, -0.05) is 19.3 Å². The number of fused-ring (bicyclic) bond motifs is 1. The number of ether oxygens (including phenoxy) is 3. The largest absolute Gasteiger partial charge is 0.493 e. The van der Waals surface area contributed by atoms with Crippen LogP contribution < -0.4 is 30.2 Å². The first-order valence-corrected chi connectivity index (χ1v) is 16.6. The maximum atomic E-state index is 15.2. The third-order valence-electron chi connectivity index (χ3n) is 9.67. The van der Waals surface area contributed by atoms with Gasteiger partial charge >= 0.3 is 0 Å². The molecule has 0 atom stereocenters. The lowest BCUT2D eigenvalue weighted by Crippen LogP contribution is -2.44. The molecular weight excluding hydrogens is 637 g/mol. The van der Waals surface area contributed by atoms with E-state index in [2.05, 4.69) is 20.9 Å². The fourth-order valence-corrected chi connectivity index (χ4v) is 6.40. The molecule has 3 fully saturated rings. The van der Waals surface area contributed by atoms with Crippen molar-refractivity contribution in [3.63, 3.8) is 0 Å². The molecule has 49 heavy (non-hydrogen) atoms. The first-order chi connectivity index (χ1) is 23.7. The number of hydrogen-bond donors (Lipinski definition) is 3. The second-order valence-corrected chi connectivity index (χ2v) is 13.2. The number of halogens is 3. The summed E-state index contributed by atoms with van der Waals surface area (Å²) in [6.45, 7) is 0.531. The average molecular weight is 675 g/mol. The lowest BCUT2D eigenvalue weighted by Gasteiger charge is -2.28. The Kier molecular flexibility index (Phi) is 8.82. The summed E-state index contributed by atoms with van der Waals surface area (Å²) in [5.74, 6) is -2.68. The quantitative estimate of drug-likeness (QED) is 0.133. The fourth-order valence-electron chi connectivity index (χ4n) is 6.40. The summed E-state index contributed by atoms with van der Waals surface area (Å²) in [4.78, 5) is 30.4. The second-order valence-electron chi connectivity index (χ2n) is 13.2. The molecule has 1 heterocycles. The van der Waals surface area contributed by atoms with E-state index in [1.165, 1.54) is 50.3 Å². The molecule has 2 amide bonds. The van der Waals surface area contributed by atoms with Crippen LogP contribution in [0, 0.1) is 22.9 Å². The van der Waals surface area contributed by atoms with Crippen LogP contribution in [-0.2, 0) is 9.59 Å². The highest BCUT2D eigenvalue weighted by Crippen LogP contribution is 2.48. The van der Waals surface area contributed by atoms with E-state index >= 15 is 4.39 Å². The van der Waals surface area contributed by atoms with E-state index in [1.54, 1.807) is 25.4 Å². The molecule has 0 aliphatic heterocycles. The zero-order valence-electron chi connectivity index (χ0n) is 27.0. The molecule has 0 saturated heterocycles. The molecule has 3 N–H and O–H groups in total. The smallest absolute Gasteiger partial charge is 0.240 e. The van der Waals surface area contributed by atoms with E-state index in [0.717, 1.165) is 31.0 Å². The van der Waals surface area contributed by atoms with Gasteiger partial charge in [0, 0.05) is 41.5 Å². The molecule has 0 bridgehead atoms. The lowest BCUT2D eigenvalue weighted by molar-refractivity contribution is -0.131. The molecule has 3 aliphatic carbocycles. The van der Waals surface area contributed by atoms with Crippen molar-refractivity contribution in [1.29, 1.82) is 0 Å². The number of amides is 2. The summed E-state index contributed by atoms with van der Waals surface area (Å²) in [6, 6.07) is 12.7. The maximum Gasteiger partial charge on any atom is 0.240 e. The molecular formula is C37H37F3N4O5. The Morgan fingerprint density at radius 3 is 2.29 bits per heavy atom. The monoisotopic (exact) mass is 674 g/mol. The van der Waals surface area contributed by atoms with Crippen LogP contribution in [0.4, 0.5) is 24.5 Å². The van der Waals surface area contributed by atoms with E-state index in [1.807, 2.05) is 6.07 Å². The number of carbonyl (C=O) groups excluding carboxylic acids is 2. The Balaban J connectivity index is 1.01. The van der Waals surface area contributed by atoms with E-state index in [4.69, 9.17) is 14.2 Å². The number of carbonyl (C=O) groups is 2. The standard InChI is InChI=1S/C37H37F3N4O5/c1-47-32-19-25-30(20-33(32)48-21-36(12-13-36)44-22-5-3-2-4-6-22)41-16-11-31(25)49-24-8-10-29(28(40)18-24)43-35(46)37(14-15-37)34(45)42-23-7-9-26(38)27(39)17-23/h7-11,16-20,22,44H,2-6,12-15,21H2,1H3,(H,42,45)(H,43,46). The van der Waals surface area contributed by atoms with Crippen LogP contribution in [0.1, 0.15) is 57.8 Å². The molecule has 7 rings (SSSR count). The lowest BCUT2D eigenvalue weighted by atomic mass is 9.94. The van der Waals surface area contributed by atoms with Crippen LogP contribution in [0.15, 0.2) is 60.8 Å². The first-order valence-electron chi connectivity index (χ1n) is 16.6. The summed E-state index contributed by atoms with van der Waals surface area (Å²) in [7, 11) is 1.57. The van der Waals surface area contributed by atoms with Gasteiger partial charge in [-0.3, -0.25) is 14.6 Å². The average Bonchev–Trinajstić information content (AvgIpc) is 4.04. The molecule has 256 valence electrons. The SMILES string of the molecule is COc1cc2c(Oc3ccc(NC(=O)C4(C(=O)Nc5ccc(F)c(F)c5)CC4)c(F)c3)ccnc2cc1OCC1(NC2CCCCC2)CC1. The van der Waals surface area contributed by atoms with Gasteiger partial charge in [0.05, 0.1) is 23.9 Å². The Morgan fingerprint density at radius 2 is 1.59 bits per heavy atom. The van der Waals surface area contributed by atoms with Gasteiger partial charge in [0.15, 0.2) is 23.1 Å². The number of rotatable bonds is 12.